The summed E-state index contributed by atoms with van der Waals surface area (Å²) >= 11 is 0. The standard InChI is InChI=1S/C12H18O/c1-3-7-12(13)10(2)11-8-5-4-6-9-11/h4-6,8-10,12-13H,3,7H2,1-2H3/t10-,12-/m0/s1. The average molecular weight is 178 g/mol. The fraction of sp³-hybridized carbons (Fsp3) is 0.500. The third-order valence-corrected chi connectivity index (χ3v) is 2.49. The highest BCUT2D eigenvalue weighted by molar-refractivity contribution is 5.19. The molecule has 1 N–H and O–H groups in total. The Morgan fingerprint density at radius 3 is 2.38 bits per heavy atom. The van der Waals surface area contributed by atoms with Crippen LogP contribution in [-0.4, -0.2) is 11.2 Å². The summed E-state index contributed by atoms with van der Waals surface area (Å²) < 4.78 is 0. The van der Waals surface area contributed by atoms with Crippen molar-refractivity contribution in [1.29, 1.82) is 0 Å². The van der Waals surface area contributed by atoms with Crippen LogP contribution in [0.3, 0.4) is 0 Å². The van der Waals surface area contributed by atoms with Crippen molar-refractivity contribution >= 4 is 0 Å². The normalized spacial score (nSPS) is 15.3. The Labute approximate surface area is 80.4 Å². The average Bonchev–Trinajstić information content (AvgIpc) is 2.18. The molecule has 72 valence electrons. The molecule has 0 heterocycles. The van der Waals surface area contributed by atoms with Crippen LogP contribution in [0.1, 0.15) is 38.2 Å². The lowest BCUT2D eigenvalue weighted by Gasteiger charge is -2.18. The predicted octanol–water partition coefficient (Wildman–Crippen LogP) is 2.95. The summed E-state index contributed by atoms with van der Waals surface area (Å²) in [5.74, 6) is 0.251. The lowest BCUT2D eigenvalue weighted by atomic mass is 9.93. The van der Waals surface area contributed by atoms with Crippen molar-refractivity contribution in [1.82, 2.24) is 0 Å². The van der Waals surface area contributed by atoms with E-state index >= 15 is 0 Å². The van der Waals surface area contributed by atoms with Crippen LogP contribution in [0.15, 0.2) is 30.3 Å². The summed E-state index contributed by atoms with van der Waals surface area (Å²) in [6.07, 6.45) is 1.72. The van der Waals surface area contributed by atoms with Gasteiger partial charge in [0.05, 0.1) is 6.10 Å². The monoisotopic (exact) mass is 178 g/mol. The zero-order valence-electron chi connectivity index (χ0n) is 8.40. The van der Waals surface area contributed by atoms with Crippen molar-refractivity contribution in [3.05, 3.63) is 35.9 Å². The maximum absolute atomic E-state index is 9.77. The molecule has 0 bridgehead atoms. The number of aliphatic hydroxyl groups is 1. The molecule has 0 aromatic heterocycles. The second-order valence-corrected chi connectivity index (χ2v) is 3.56. The van der Waals surface area contributed by atoms with Crippen molar-refractivity contribution in [3.8, 4) is 0 Å². The Morgan fingerprint density at radius 2 is 1.85 bits per heavy atom. The van der Waals surface area contributed by atoms with Gasteiger partial charge in [0.15, 0.2) is 0 Å². The molecule has 0 saturated carbocycles. The first-order chi connectivity index (χ1) is 6.25. The van der Waals surface area contributed by atoms with E-state index in [0.29, 0.717) is 0 Å². The Bertz CT molecular complexity index is 230. The second-order valence-electron chi connectivity index (χ2n) is 3.56. The van der Waals surface area contributed by atoms with E-state index in [1.807, 2.05) is 18.2 Å². The molecule has 0 fully saturated rings. The van der Waals surface area contributed by atoms with E-state index in [4.69, 9.17) is 0 Å². The number of hydrogen-bond donors (Lipinski definition) is 1. The number of aliphatic hydroxyl groups excluding tert-OH is 1. The predicted molar refractivity (Wildman–Crippen MR) is 55.8 cm³/mol. The van der Waals surface area contributed by atoms with Crippen LogP contribution in [-0.2, 0) is 0 Å². The lowest BCUT2D eigenvalue weighted by Crippen LogP contribution is -2.15. The number of benzene rings is 1. The summed E-state index contributed by atoms with van der Waals surface area (Å²) in [6.45, 7) is 4.18. The van der Waals surface area contributed by atoms with Crippen molar-refractivity contribution in [2.24, 2.45) is 0 Å². The van der Waals surface area contributed by atoms with E-state index in [9.17, 15) is 5.11 Å². The van der Waals surface area contributed by atoms with Crippen LogP contribution in [0.2, 0.25) is 0 Å². The molecule has 1 nitrogen and oxygen atoms in total. The third-order valence-electron chi connectivity index (χ3n) is 2.49. The molecule has 1 aromatic carbocycles. The minimum absolute atomic E-state index is 0.201. The quantitative estimate of drug-likeness (QED) is 0.751. The number of hydrogen-bond acceptors (Lipinski definition) is 1. The van der Waals surface area contributed by atoms with Gasteiger partial charge in [-0.1, -0.05) is 50.6 Å². The summed E-state index contributed by atoms with van der Waals surface area (Å²) in [5.41, 5.74) is 1.23. The first-order valence-electron chi connectivity index (χ1n) is 4.98. The van der Waals surface area contributed by atoms with E-state index in [-0.39, 0.29) is 12.0 Å². The molecule has 0 saturated heterocycles. The van der Waals surface area contributed by atoms with Gasteiger partial charge >= 0.3 is 0 Å². The van der Waals surface area contributed by atoms with Crippen LogP contribution >= 0.6 is 0 Å². The Kier molecular flexibility index (Phi) is 3.97. The Hall–Kier alpha value is -0.820. The van der Waals surface area contributed by atoms with Gasteiger partial charge in [-0.15, -0.1) is 0 Å². The zero-order valence-corrected chi connectivity index (χ0v) is 8.40. The highest BCUT2D eigenvalue weighted by atomic mass is 16.3. The molecule has 0 aliphatic heterocycles. The van der Waals surface area contributed by atoms with E-state index < -0.39 is 0 Å². The van der Waals surface area contributed by atoms with Crippen LogP contribution in [0.5, 0.6) is 0 Å². The molecule has 1 heteroatoms. The van der Waals surface area contributed by atoms with E-state index in [1.54, 1.807) is 0 Å². The maximum atomic E-state index is 9.77. The summed E-state index contributed by atoms with van der Waals surface area (Å²) in [6, 6.07) is 10.2. The van der Waals surface area contributed by atoms with Crippen LogP contribution in [0.25, 0.3) is 0 Å². The highest BCUT2D eigenvalue weighted by Gasteiger charge is 2.14. The molecular weight excluding hydrogens is 160 g/mol. The smallest absolute Gasteiger partial charge is 0.0606 e. The number of rotatable bonds is 4. The fourth-order valence-corrected chi connectivity index (χ4v) is 1.52. The topological polar surface area (TPSA) is 20.2 Å². The van der Waals surface area contributed by atoms with Gasteiger partial charge in [-0.05, 0) is 12.0 Å². The van der Waals surface area contributed by atoms with Gasteiger partial charge in [0.1, 0.15) is 0 Å². The fourth-order valence-electron chi connectivity index (χ4n) is 1.52. The van der Waals surface area contributed by atoms with Gasteiger partial charge in [0, 0.05) is 5.92 Å². The molecule has 13 heavy (non-hydrogen) atoms. The van der Waals surface area contributed by atoms with Gasteiger partial charge in [-0.25, -0.2) is 0 Å². The van der Waals surface area contributed by atoms with Crippen LogP contribution in [0, 0.1) is 0 Å². The molecule has 0 spiro atoms. The molecule has 0 aliphatic rings. The molecule has 0 amide bonds. The summed E-state index contributed by atoms with van der Waals surface area (Å²) in [7, 11) is 0. The molecular formula is C12H18O. The van der Waals surface area contributed by atoms with Gasteiger partial charge < -0.3 is 5.11 Å². The molecule has 0 aliphatic carbocycles. The van der Waals surface area contributed by atoms with Crippen molar-refractivity contribution in [2.45, 2.75) is 38.7 Å². The Morgan fingerprint density at radius 1 is 1.23 bits per heavy atom. The Balaban J connectivity index is 2.62. The third kappa shape index (κ3) is 2.85. The van der Waals surface area contributed by atoms with Crippen molar-refractivity contribution in [2.75, 3.05) is 0 Å². The zero-order chi connectivity index (χ0) is 9.68. The molecule has 0 unspecified atom stereocenters. The van der Waals surface area contributed by atoms with Gasteiger partial charge in [-0.3, -0.25) is 0 Å². The molecule has 2 atom stereocenters. The second kappa shape index (κ2) is 5.03. The minimum atomic E-state index is -0.201. The van der Waals surface area contributed by atoms with Gasteiger partial charge in [0.25, 0.3) is 0 Å². The largest absolute Gasteiger partial charge is 0.393 e. The lowest BCUT2D eigenvalue weighted by molar-refractivity contribution is 0.139. The summed E-state index contributed by atoms with van der Waals surface area (Å²) in [5, 5.41) is 9.77. The first kappa shape index (κ1) is 10.3. The highest BCUT2D eigenvalue weighted by Crippen LogP contribution is 2.21. The SMILES string of the molecule is CCC[C@H](O)[C@@H](C)c1ccccc1. The maximum Gasteiger partial charge on any atom is 0.0606 e. The molecule has 1 rings (SSSR count). The minimum Gasteiger partial charge on any atom is -0.393 e. The van der Waals surface area contributed by atoms with E-state index in [2.05, 4.69) is 26.0 Å². The van der Waals surface area contributed by atoms with E-state index in [0.717, 1.165) is 12.8 Å². The van der Waals surface area contributed by atoms with Crippen molar-refractivity contribution < 1.29 is 5.11 Å². The van der Waals surface area contributed by atoms with Crippen molar-refractivity contribution in [3.63, 3.8) is 0 Å². The molecule has 1 aromatic rings. The van der Waals surface area contributed by atoms with E-state index in [1.165, 1.54) is 5.56 Å². The van der Waals surface area contributed by atoms with Gasteiger partial charge in [0.2, 0.25) is 0 Å². The van der Waals surface area contributed by atoms with Crippen LogP contribution < -0.4 is 0 Å². The molecule has 0 radical (unpaired) electrons. The van der Waals surface area contributed by atoms with Crippen LogP contribution in [0.4, 0.5) is 0 Å². The summed E-state index contributed by atoms with van der Waals surface area (Å²) in [4.78, 5) is 0. The first-order valence-corrected chi connectivity index (χ1v) is 4.98. The van der Waals surface area contributed by atoms with Gasteiger partial charge in [-0.2, -0.15) is 0 Å².